The van der Waals surface area contributed by atoms with Gasteiger partial charge in [-0.2, -0.15) is 0 Å². The number of thiazole rings is 1. The minimum absolute atomic E-state index is 0.0417. The molecule has 0 aliphatic carbocycles. The average Bonchev–Trinajstić information content (AvgIpc) is 2.94. The Bertz CT molecular complexity index is 631. The van der Waals surface area contributed by atoms with Gasteiger partial charge in [-0.15, -0.1) is 11.3 Å². The quantitative estimate of drug-likeness (QED) is 0.767. The van der Waals surface area contributed by atoms with Gasteiger partial charge in [0.05, 0.1) is 16.6 Å². The second-order valence-electron chi connectivity index (χ2n) is 4.75. The van der Waals surface area contributed by atoms with Gasteiger partial charge in [-0.25, -0.2) is 4.98 Å². The first-order valence-electron chi connectivity index (χ1n) is 6.63. The van der Waals surface area contributed by atoms with Crippen LogP contribution in [0.3, 0.4) is 0 Å². The lowest BCUT2D eigenvalue weighted by atomic mass is 10.1. The van der Waals surface area contributed by atoms with E-state index in [4.69, 9.17) is 10.7 Å². The molecule has 0 fully saturated rings. The van der Waals surface area contributed by atoms with Crippen molar-refractivity contribution in [3.63, 3.8) is 0 Å². The number of nitrogens with two attached hydrogens (primary N) is 1. The highest BCUT2D eigenvalue weighted by Crippen LogP contribution is 2.38. The van der Waals surface area contributed by atoms with Crippen LogP contribution in [0.2, 0.25) is 0 Å². The summed E-state index contributed by atoms with van der Waals surface area (Å²) in [5.41, 5.74) is 9.35. The van der Waals surface area contributed by atoms with E-state index in [9.17, 15) is 0 Å². The molecule has 2 aromatic carbocycles. The lowest BCUT2D eigenvalue weighted by Crippen LogP contribution is -2.03. The van der Waals surface area contributed by atoms with Crippen LogP contribution in [0.15, 0.2) is 60.7 Å². The van der Waals surface area contributed by atoms with Gasteiger partial charge in [-0.3, -0.25) is 0 Å². The van der Waals surface area contributed by atoms with Gasteiger partial charge < -0.3 is 5.73 Å². The number of rotatable bonds is 3. The molecule has 20 heavy (non-hydrogen) atoms. The monoisotopic (exact) mass is 280 g/mol. The Hall–Kier alpha value is -1.97. The van der Waals surface area contributed by atoms with Gasteiger partial charge in [0.25, 0.3) is 0 Å². The zero-order valence-electron chi connectivity index (χ0n) is 11.3. The fourth-order valence-corrected chi connectivity index (χ4v) is 3.15. The van der Waals surface area contributed by atoms with E-state index < -0.39 is 0 Å². The lowest BCUT2D eigenvalue weighted by molar-refractivity contribution is 0.808. The van der Waals surface area contributed by atoms with Gasteiger partial charge in [-0.1, -0.05) is 60.7 Å². The number of hydrogen-bond donors (Lipinski definition) is 1. The molecule has 1 heterocycles. The van der Waals surface area contributed by atoms with Gasteiger partial charge >= 0.3 is 0 Å². The van der Waals surface area contributed by atoms with Gasteiger partial charge in [0.1, 0.15) is 5.01 Å². The third kappa shape index (κ3) is 2.50. The largest absolute Gasteiger partial charge is 0.322 e. The van der Waals surface area contributed by atoms with E-state index in [2.05, 4.69) is 36.4 Å². The number of aromatic nitrogens is 1. The molecule has 3 heteroatoms. The maximum atomic E-state index is 6.00. The Morgan fingerprint density at radius 1 is 0.900 bits per heavy atom. The van der Waals surface area contributed by atoms with Crippen molar-refractivity contribution < 1.29 is 0 Å². The summed E-state index contributed by atoms with van der Waals surface area (Å²) in [6, 6.07) is 20.6. The first kappa shape index (κ1) is 13.0. The molecule has 1 aromatic heterocycles. The molecule has 2 nitrogen and oxygen atoms in total. The van der Waals surface area contributed by atoms with Crippen molar-refractivity contribution in [3.8, 4) is 21.7 Å². The zero-order chi connectivity index (χ0) is 13.9. The van der Waals surface area contributed by atoms with E-state index >= 15 is 0 Å². The third-order valence-corrected chi connectivity index (χ3v) is 4.42. The van der Waals surface area contributed by atoms with Crippen LogP contribution in [0.25, 0.3) is 21.7 Å². The second-order valence-corrected chi connectivity index (χ2v) is 5.78. The summed E-state index contributed by atoms with van der Waals surface area (Å²) in [6.45, 7) is 1.97. The standard InChI is InChI=1S/C17H16N2S/c1-12(18)17-19-15(13-8-4-2-5-9-13)16(20-17)14-10-6-3-7-11-14/h2-12H,18H2,1H3. The van der Waals surface area contributed by atoms with Crippen molar-refractivity contribution >= 4 is 11.3 Å². The van der Waals surface area contributed by atoms with E-state index in [1.54, 1.807) is 11.3 Å². The molecule has 1 unspecified atom stereocenters. The fraction of sp³-hybridized carbons (Fsp3) is 0.118. The SMILES string of the molecule is CC(N)c1nc(-c2ccccc2)c(-c2ccccc2)s1. The van der Waals surface area contributed by atoms with E-state index in [-0.39, 0.29) is 6.04 Å². The first-order chi connectivity index (χ1) is 9.75. The van der Waals surface area contributed by atoms with Crippen molar-refractivity contribution in [3.05, 3.63) is 65.7 Å². The molecule has 3 aromatic rings. The molecule has 0 bridgehead atoms. The molecule has 0 spiro atoms. The summed E-state index contributed by atoms with van der Waals surface area (Å²) in [5, 5.41) is 0.975. The maximum absolute atomic E-state index is 6.00. The normalized spacial score (nSPS) is 12.3. The van der Waals surface area contributed by atoms with Crippen LogP contribution in [0.4, 0.5) is 0 Å². The Morgan fingerprint density at radius 3 is 2.00 bits per heavy atom. The molecular formula is C17H16N2S. The van der Waals surface area contributed by atoms with Crippen molar-refractivity contribution in [1.29, 1.82) is 0 Å². The van der Waals surface area contributed by atoms with Crippen molar-refractivity contribution in [1.82, 2.24) is 4.98 Å². The number of hydrogen-bond acceptors (Lipinski definition) is 3. The summed E-state index contributed by atoms with van der Waals surface area (Å²) in [4.78, 5) is 5.93. The van der Waals surface area contributed by atoms with E-state index in [1.807, 2.05) is 31.2 Å². The van der Waals surface area contributed by atoms with Gasteiger partial charge in [0.15, 0.2) is 0 Å². The molecule has 0 saturated carbocycles. The smallest absolute Gasteiger partial charge is 0.110 e. The van der Waals surface area contributed by atoms with Crippen LogP contribution in [0, 0.1) is 0 Å². The Labute approximate surface area is 122 Å². The summed E-state index contributed by atoms with van der Waals surface area (Å²) in [7, 11) is 0. The van der Waals surface area contributed by atoms with E-state index in [1.165, 1.54) is 10.4 Å². The Balaban J connectivity index is 2.18. The second kappa shape index (κ2) is 5.57. The van der Waals surface area contributed by atoms with Crippen molar-refractivity contribution in [2.24, 2.45) is 5.73 Å². The maximum Gasteiger partial charge on any atom is 0.110 e. The minimum Gasteiger partial charge on any atom is -0.322 e. The predicted molar refractivity (Wildman–Crippen MR) is 85.6 cm³/mol. The van der Waals surface area contributed by atoms with Gasteiger partial charge in [-0.05, 0) is 12.5 Å². The molecule has 100 valence electrons. The first-order valence-corrected chi connectivity index (χ1v) is 7.44. The summed E-state index contributed by atoms with van der Waals surface area (Å²) >= 11 is 1.68. The van der Waals surface area contributed by atoms with Crippen LogP contribution >= 0.6 is 11.3 Å². The molecule has 0 amide bonds. The predicted octanol–water partition coefficient (Wildman–Crippen LogP) is 4.50. The fourth-order valence-electron chi connectivity index (χ4n) is 2.11. The third-order valence-electron chi connectivity index (χ3n) is 3.12. The van der Waals surface area contributed by atoms with E-state index in [0.29, 0.717) is 0 Å². The highest BCUT2D eigenvalue weighted by atomic mass is 32.1. The molecule has 1 atom stereocenters. The van der Waals surface area contributed by atoms with Gasteiger partial charge in [0.2, 0.25) is 0 Å². The van der Waals surface area contributed by atoms with Crippen LogP contribution in [0.5, 0.6) is 0 Å². The summed E-state index contributed by atoms with van der Waals surface area (Å²) < 4.78 is 0. The van der Waals surface area contributed by atoms with Crippen LogP contribution in [-0.4, -0.2) is 4.98 Å². The van der Waals surface area contributed by atoms with Crippen LogP contribution < -0.4 is 5.73 Å². The van der Waals surface area contributed by atoms with Crippen molar-refractivity contribution in [2.45, 2.75) is 13.0 Å². The summed E-state index contributed by atoms with van der Waals surface area (Å²) in [5.74, 6) is 0. The van der Waals surface area contributed by atoms with Crippen LogP contribution in [-0.2, 0) is 0 Å². The molecule has 0 radical (unpaired) electrons. The minimum atomic E-state index is -0.0417. The van der Waals surface area contributed by atoms with E-state index in [0.717, 1.165) is 16.3 Å². The average molecular weight is 280 g/mol. The topological polar surface area (TPSA) is 38.9 Å². The van der Waals surface area contributed by atoms with Gasteiger partial charge in [0, 0.05) is 5.56 Å². The molecule has 3 rings (SSSR count). The highest BCUT2D eigenvalue weighted by molar-refractivity contribution is 7.15. The summed E-state index contributed by atoms with van der Waals surface area (Å²) in [6.07, 6.45) is 0. The molecule has 0 saturated heterocycles. The lowest BCUT2D eigenvalue weighted by Gasteiger charge is -2.02. The number of nitrogens with zero attached hydrogens (tertiary/aromatic N) is 1. The molecule has 0 aliphatic rings. The Kier molecular flexibility index (Phi) is 3.63. The zero-order valence-corrected chi connectivity index (χ0v) is 12.1. The number of benzene rings is 2. The highest BCUT2D eigenvalue weighted by Gasteiger charge is 2.16. The Morgan fingerprint density at radius 2 is 1.45 bits per heavy atom. The molecule has 2 N–H and O–H groups in total. The molecule has 0 aliphatic heterocycles. The molecular weight excluding hydrogens is 264 g/mol. The van der Waals surface area contributed by atoms with Crippen LogP contribution in [0.1, 0.15) is 18.0 Å². The van der Waals surface area contributed by atoms with Crippen molar-refractivity contribution in [2.75, 3.05) is 0 Å².